The molecule has 0 aromatic carbocycles. The molecule has 3 nitrogen and oxygen atoms in total. The van der Waals surface area contributed by atoms with Crippen LogP contribution in [0.1, 0.15) is 59.8 Å². The topological polar surface area (TPSA) is 43.4 Å². The van der Waals surface area contributed by atoms with Crippen LogP contribution in [0, 0.1) is 10.8 Å². The van der Waals surface area contributed by atoms with Gasteiger partial charge >= 0.3 is 11.9 Å². The van der Waals surface area contributed by atoms with Crippen molar-refractivity contribution in [2.45, 2.75) is 59.8 Å². The van der Waals surface area contributed by atoms with Crippen molar-refractivity contribution in [3.05, 3.63) is 0 Å². The maximum atomic E-state index is 11.9. The third kappa shape index (κ3) is 1.76. The highest BCUT2D eigenvalue weighted by atomic mass is 16.6. The second kappa shape index (κ2) is 4.56. The first-order valence-corrected chi connectivity index (χ1v) is 6.27. The first-order chi connectivity index (χ1) is 7.50. The second-order valence-corrected chi connectivity index (χ2v) is 4.83. The third-order valence-corrected chi connectivity index (χ3v) is 4.44. The Morgan fingerprint density at radius 2 is 1.19 bits per heavy atom. The zero-order valence-corrected chi connectivity index (χ0v) is 10.8. The number of rotatable bonds is 4. The third-order valence-electron chi connectivity index (χ3n) is 4.44. The van der Waals surface area contributed by atoms with Gasteiger partial charge in [-0.05, 0) is 32.1 Å². The molecule has 1 saturated heterocycles. The highest BCUT2D eigenvalue weighted by molar-refractivity contribution is 5.94. The summed E-state index contributed by atoms with van der Waals surface area (Å²) in [6.45, 7) is 7.99. The van der Waals surface area contributed by atoms with Crippen molar-refractivity contribution < 1.29 is 14.3 Å². The molecule has 0 unspecified atom stereocenters. The average molecular weight is 226 g/mol. The minimum Gasteiger partial charge on any atom is -0.392 e. The maximum Gasteiger partial charge on any atom is 0.319 e. The Hall–Kier alpha value is -0.860. The van der Waals surface area contributed by atoms with Crippen LogP contribution in [0.15, 0.2) is 0 Å². The van der Waals surface area contributed by atoms with E-state index in [1.165, 1.54) is 0 Å². The zero-order valence-electron chi connectivity index (χ0n) is 10.8. The molecule has 0 aromatic heterocycles. The van der Waals surface area contributed by atoms with E-state index in [1.54, 1.807) is 0 Å². The Morgan fingerprint density at radius 3 is 1.44 bits per heavy atom. The fraction of sp³-hybridized carbons (Fsp3) is 0.846. The molecule has 0 amide bonds. The predicted octanol–water partition coefficient (Wildman–Crippen LogP) is 3.07. The molecule has 1 aliphatic heterocycles. The second-order valence-electron chi connectivity index (χ2n) is 4.83. The van der Waals surface area contributed by atoms with Crippen LogP contribution in [0.25, 0.3) is 0 Å². The summed E-state index contributed by atoms with van der Waals surface area (Å²) in [7, 11) is 0. The van der Waals surface area contributed by atoms with E-state index in [4.69, 9.17) is 4.74 Å². The summed E-state index contributed by atoms with van der Waals surface area (Å²) in [5.74, 6) is -0.639. The van der Waals surface area contributed by atoms with Crippen LogP contribution in [-0.4, -0.2) is 11.9 Å². The lowest BCUT2D eigenvalue weighted by Crippen LogP contribution is -2.49. The van der Waals surface area contributed by atoms with Gasteiger partial charge in [0, 0.05) is 0 Å². The van der Waals surface area contributed by atoms with E-state index in [9.17, 15) is 9.59 Å². The zero-order chi connectivity index (χ0) is 12.4. The summed E-state index contributed by atoms with van der Waals surface area (Å²) in [5, 5.41) is 0. The molecule has 0 bridgehead atoms. The molecule has 0 saturated carbocycles. The van der Waals surface area contributed by atoms with E-state index in [0.717, 1.165) is 25.7 Å². The van der Waals surface area contributed by atoms with Crippen molar-refractivity contribution in [2.75, 3.05) is 0 Å². The lowest BCUT2D eigenvalue weighted by Gasteiger charge is -2.43. The van der Waals surface area contributed by atoms with Crippen molar-refractivity contribution in [2.24, 2.45) is 10.8 Å². The SMILES string of the molecule is CCC1(CC)CC(CC)(CC)C(=O)OC1=O. The molecule has 0 N–H and O–H groups in total. The Kier molecular flexibility index (Phi) is 3.76. The molecule has 16 heavy (non-hydrogen) atoms. The molecular weight excluding hydrogens is 204 g/mol. The highest BCUT2D eigenvalue weighted by Crippen LogP contribution is 2.48. The maximum absolute atomic E-state index is 11.9. The van der Waals surface area contributed by atoms with Crippen molar-refractivity contribution in [1.82, 2.24) is 0 Å². The normalized spacial score (nSPS) is 23.0. The fourth-order valence-corrected chi connectivity index (χ4v) is 2.67. The van der Waals surface area contributed by atoms with Gasteiger partial charge in [0.1, 0.15) is 0 Å². The first kappa shape index (κ1) is 13.2. The molecule has 3 heteroatoms. The number of hydrogen-bond donors (Lipinski definition) is 0. The molecular formula is C13H22O3. The van der Waals surface area contributed by atoms with Crippen molar-refractivity contribution in [3.8, 4) is 0 Å². The first-order valence-electron chi connectivity index (χ1n) is 6.27. The average Bonchev–Trinajstić information content (AvgIpc) is 2.31. The molecule has 1 rings (SSSR count). The van der Waals surface area contributed by atoms with Gasteiger partial charge in [0.15, 0.2) is 0 Å². The van der Waals surface area contributed by atoms with Crippen LogP contribution in [0.2, 0.25) is 0 Å². The summed E-state index contributed by atoms with van der Waals surface area (Å²) < 4.78 is 5.00. The molecule has 0 atom stereocenters. The molecule has 1 fully saturated rings. The van der Waals surface area contributed by atoms with Crippen LogP contribution in [-0.2, 0) is 14.3 Å². The standard InChI is InChI=1S/C13H22O3/c1-5-12(6-2)9-13(7-3,8-4)11(15)16-10(12)14/h5-9H2,1-4H3. The molecule has 92 valence electrons. The summed E-state index contributed by atoms with van der Waals surface area (Å²) >= 11 is 0. The number of cyclic esters (lactones) is 2. The van der Waals surface area contributed by atoms with Gasteiger partial charge in [-0.3, -0.25) is 9.59 Å². The summed E-state index contributed by atoms with van der Waals surface area (Å²) in [4.78, 5) is 23.7. The van der Waals surface area contributed by atoms with Gasteiger partial charge in [0.05, 0.1) is 10.8 Å². The van der Waals surface area contributed by atoms with Crippen LogP contribution < -0.4 is 0 Å². The van der Waals surface area contributed by atoms with Crippen LogP contribution in [0.4, 0.5) is 0 Å². The van der Waals surface area contributed by atoms with Gasteiger partial charge in [-0.2, -0.15) is 0 Å². The van der Waals surface area contributed by atoms with Crippen LogP contribution in [0.3, 0.4) is 0 Å². The Bertz CT molecular complexity index is 258. The lowest BCUT2D eigenvalue weighted by atomic mass is 9.64. The van der Waals surface area contributed by atoms with Crippen molar-refractivity contribution in [3.63, 3.8) is 0 Å². The van der Waals surface area contributed by atoms with Gasteiger partial charge in [-0.25, -0.2) is 0 Å². The monoisotopic (exact) mass is 226 g/mol. The molecule has 0 aliphatic carbocycles. The number of carbonyl (C=O) groups is 2. The van der Waals surface area contributed by atoms with Crippen molar-refractivity contribution in [1.29, 1.82) is 0 Å². The summed E-state index contributed by atoms with van der Waals surface area (Å²) in [6, 6.07) is 0. The van der Waals surface area contributed by atoms with E-state index in [2.05, 4.69) is 0 Å². The largest absolute Gasteiger partial charge is 0.392 e. The molecule has 0 aromatic rings. The van der Waals surface area contributed by atoms with Gasteiger partial charge in [-0.1, -0.05) is 27.7 Å². The van der Waals surface area contributed by atoms with Gasteiger partial charge in [-0.15, -0.1) is 0 Å². The Labute approximate surface area is 97.5 Å². The van der Waals surface area contributed by atoms with Crippen molar-refractivity contribution >= 4 is 11.9 Å². The summed E-state index contributed by atoms with van der Waals surface area (Å²) in [6.07, 6.45) is 3.64. The number of esters is 2. The molecule has 1 aliphatic rings. The Morgan fingerprint density at radius 1 is 0.875 bits per heavy atom. The van der Waals surface area contributed by atoms with Gasteiger partial charge < -0.3 is 4.74 Å². The predicted molar refractivity (Wildman–Crippen MR) is 61.7 cm³/mol. The van der Waals surface area contributed by atoms with E-state index in [0.29, 0.717) is 6.42 Å². The van der Waals surface area contributed by atoms with Gasteiger partial charge in [0.2, 0.25) is 0 Å². The fourth-order valence-electron chi connectivity index (χ4n) is 2.67. The van der Waals surface area contributed by atoms with Gasteiger partial charge in [0.25, 0.3) is 0 Å². The molecule has 0 radical (unpaired) electrons. The quantitative estimate of drug-likeness (QED) is 0.546. The van der Waals surface area contributed by atoms with Crippen LogP contribution >= 0.6 is 0 Å². The number of ether oxygens (including phenoxy) is 1. The minimum absolute atomic E-state index is 0.319. The molecule has 0 spiro atoms. The molecule has 1 heterocycles. The number of carbonyl (C=O) groups excluding carboxylic acids is 2. The van der Waals surface area contributed by atoms with E-state index < -0.39 is 10.8 Å². The lowest BCUT2D eigenvalue weighted by molar-refractivity contribution is -0.188. The summed E-state index contributed by atoms with van der Waals surface area (Å²) in [5.41, 5.74) is -0.889. The van der Waals surface area contributed by atoms with E-state index >= 15 is 0 Å². The van der Waals surface area contributed by atoms with Crippen LogP contribution in [0.5, 0.6) is 0 Å². The minimum atomic E-state index is -0.445. The Balaban J connectivity index is 3.09. The highest BCUT2D eigenvalue weighted by Gasteiger charge is 2.53. The van der Waals surface area contributed by atoms with E-state index in [1.807, 2.05) is 27.7 Å². The number of hydrogen-bond acceptors (Lipinski definition) is 3. The smallest absolute Gasteiger partial charge is 0.319 e. The van der Waals surface area contributed by atoms with E-state index in [-0.39, 0.29) is 11.9 Å².